The van der Waals surface area contributed by atoms with Crippen molar-refractivity contribution in [3.8, 4) is 11.5 Å². The highest BCUT2D eigenvalue weighted by Crippen LogP contribution is 2.67. The molecule has 0 aliphatic heterocycles. The van der Waals surface area contributed by atoms with Crippen molar-refractivity contribution in [1.82, 2.24) is 0 Å². The zero-order chi connectivity index (χ0) is 28.7. The van der Waals surface area contributed by atoms with Crippen molar-refractivity contribution in [2.45, 2.75) is 111 Å². The van der Waals surface area contributed by atoms with Crippen LogP contribution in [0.15, 0.2) is 29.8 Å². The number of allylic oxidation sites excluding steroid dienone is 1. The largest absolute Gasteiger partial charge is 0.493 e. The average Bonchev–Trinajstić information content (AvgIpc) is 3.29. The number of hydrogen-bond acceptors (Lipinski definition) is 4. The number of hydrogen-bond donors (Lipinski definition) is 0. The Balaban J connectivity index is 1.26. The van der Waals surface area contributed by atoms with Crippen LogP contribution < -0.4 is 9.47 Å². The van der Waals surface area contributed by atoms with Gasteiger partial charge in [0.15, 0.2) is 11.5 Å². The summed E-state index contributed by atoms with van der Waals surface area (Å²) in [5.41, 5.74) is 2.76. The fourth-order valence-corrected chi connectivity index (χ4v) is 10.0. The maximum Gasteiger partial charge on any atom is 0.342 e. The van der Waals surface area contributed by atoms with E-state index < -0.39 is 0 Å². The lowest BCUT2D eigenvalue weighted by Crippen LogP contribution is -2.51. The molecule has 1 aromatic carbocycles. The van der Waals surface area contributed by atoms with Crippen molar-refractivity contribution < 1.29 is 19.0 Å². The number of carbonyl (C=O) groups is 1. The molecule has 3 saturated carbocycles. The van der Waals surface area contributed by atoms with Gasteiger partial charge in [0.25, 0.3) is 0 Å². The van der Waals surface area contributed by atoms with E-state index in [-0.39, 0.29) is 17.5 Å². The van der Waals surface area contributed by atoms with Gasteiger partial charge in [-0.1, -0.05) is 71.6 Å². The zero-order valence-electron chi connectivity index (χ0n) is 26.3. The summed E-state index contributed by atoms with van der Waals surface area (Å²) in [5.74, 6) is 5.72. The van der Waals surface area contributed by atoms with Gasteiger partial charge in [0.05, 0.1) is 14.2 Å². The Morgan fingerprint density at radius 3 is 2.50 bits per heavy atom. The van der Waals surface area contributed by atoms with E-state index in [1.54, 1.807) is 31.9 Å². The minimum Gasteiger partial charge on any atom is -0.493 e. The molecule has 4 aliphatic carbocycles. The predicted molar refractivity (Wildman–Crippen MR) is 162 cm³/mol. The lowest BCUT2D eigenvalue weighted by atomic mass is 9.47. The third-order valence-electron chi connectivity index (χ3n) is 12.2. The molecule has 4 aliphatic rings. The summed E-state index contributed by atoms with van der Waals surface area (Å²) in [6.45, 7) is 12.5. The quantitative estimate of drug-likeness (QED) is 0.227. The van der Waals surface area contributed by atoms with E-state index >= 15 is 0 Å². The molecule has 4 nitrogen and oxygen atoms in total. The van der Waals surface area contributed by atoms with Gasteiger partial charge in [-0.3, -0.25) is 0 Å². The van der Waals surface area contributed by atoms with Crippen molar-refractivity contribution in [3.05, 3.63) is 35.4 Å². The zero-order valence-corrected chi connectivity index (χ0v) is 26.3. The van der Waals surface area contributed by atoms with Crippen LogP contribution in [0.3, 0.4) is 0 Å². The first-order valence-electron chi connectivity index (χ1n) is 16.2. The Morgan fingerprint density at radius 1 is 0.975 bits per heavy atom. The molecule has 0 bridgehead atoms. The van der Waals surface area contributed by atoms with Gasteiger partial charge in [0.2, 0.25) is 0 Å². The minimum absolute atomic E-state index is 0.0734. The number of ether oxygens (including phenoxy) is 3. The van der Waals surface area contributed by atoms with Crippen molar-refractivity contribution in [3.63, 3.8) is 0 Å². The summed E-state index contributed by atoms with van der Waals surface area (Å²) in [7, 11) is 3.16. The fraction of sp³-hybridized carbons (Fsp3) is 0.750. The van der Waals surface area contributed by atoms with Crippen molar-refractivity contribution >= 4 is 5.97 Å². The van der Waals surface area contributed by atoms with E-state index in [1.165, 1.54) is 51.4 Å². The van der Waals surface area contributed by atoms with Crippen molar-refractivity contribution in [1.29, 1.82) is 0 Å². The molecule has 40 heavy (non-hydrogen) atoms. The monoisotopic (exact) mass is 550 g/mol. The molecule has 0 spiro atoms. The van der Waals surface area contributed by atoms with Crippen molar-refractivity contribution in [2.75, 3.05) is 14.2 Å². The summed E-state index contributed by atoms with van der Waals surface area (Å²) in [6.07, 6.45) is 16.4. The van der Waals surface area contributed by atoms with Gasteiger partial charge in [0.1, 0.15) is 11.7 Å². The summed E-state index contributed by atoms with van der Waals surface area (Å²) in [6, 6.07) is 5.39. The highest BCUT2D eigenvalue weighted by atomic mass is 16.5. The fourth-order valence-electron chi connectivity index (χ4n) is 10.0. The van der Waals surface area contributed by atoms with Gasteiger partial charge in [-0.25, -0.2) is 4.79 Å². The first-order valence-corrected chi connectivity index (χ1v) is 16.2. The smallest absolute Gasteiger partial charge is 0.342 e. The molecular weight excluding hydrogens is 496 g/mol. The van der Waals surface area contributed by atoms with E-state index in [1.807, 2.05) is 6.07 Å². The maximum atomic E-state index is 13.2. The first-order chi connectivity index (χ1) is 19.1. The Labute approximate surface area is 243 Å². The summed E-state index contributed by atoms with van der Waals surface area (Å²) in [5, 5.41) is 0. The van der Waals surface area contributed by atoms with Crippen LogP contribution >= 0.6 is 0 Å². The second-order valence-corrected chi connectivity index (χ2v) is 14.6. The molecule has 8 atom stereocenters. The number of fused-ring (bicyclic) bond motifs is 5. The van der Waals surface area contributed by atoms with Crippen LogP contribution in [-0.4, -0.2) is 26.3 Å². The summed E-state index contributed by atoms with van der Waals surface area (Å²) < 4.78 is 17.0. The van der Waals surface area contributed by atoms with Crippen LogP contribution in [0.1, 0.15) is 116 Å². The molecular formula is C36H54O4. The van der Waals surface area contributed by atoms with Crippen LogP contribution in [0.2, 0.25) is 0 Å². The number of esters is 1. The van der Waals surface area contributed by atoms with Gasteiger partial charge in [-0.05, 0) is 103 Å². The highest BCUT2D eigenvalue weighted by Gasteiger charge is 2.59. The molecule has 0 aromatic heterocycles. The number of carbonyl (C=O) groups excluding carboxylic acids is 1. The minimum atomic E-state index is -0.313. The molecule has 3 fully saturated rings. The predicted octanol–water partition coefficient (Wildman–Crippen LogP) is 9.27. The molecule has 0 heterocycles. The Morgan fingerprint density at radius 2 is 1.77 bits per heavy atom. The molecule has 222 valence electrons. The number of benzene rings is 1. The molecule has 0 N–H and O–H groups in total. The van der Waals surface area contributed by atoms with Crippen LogP contribution in [0.4, 0.5) is 0 Å². The number of methoxy groups -OCH3 is 2. The van der Waals surface area contributed by atoms with E-state index in [0.29, 0.717) is 22.5 Å². The third-order valence-corrected chi connectivity index (χ3v) is 12.2. The molecule has 4 heteroatoms. The normalized spacial score (nSPS) is 35.7. The van der Waals surface area contributed by atoms with E-state index in [4.69, 9.17) is 14.2 Å². The average molecular weight is 551 g/mol. The van der Waals surface area contributed by atoms with Crippen LogP contribution in [0.5, 0.6) is 11.5 Å². The highest BCUT2D eigenvalue weighted by molar-refractivity contribution is 5.93. The maximum absolute atomic E-state index is 13.2. The van der Waals surface area contributed by atoms with Crippen LogP contribution in [-0.2, 0) is 4.74 Å². The summed E-state index contributed by atoms with van der Waals surface area (Å²) >= 11 is 0. The molecule has 0 saturated heterocycles. The standard InChI is InChI=1S/C36H54O4/c1-23(2)10-8-11-24(3)29-16-17-30-27-15-14-25-22-26(18-20-35(25,4)31(27)19-21-36(29,30)5)40-34(37)28-12-9-13-32(38-6)33(28)39-7/h9,12-14,23-24,26-27,29-31H,8,10-11,15-22H2,1-7H3/t24-,26+,27-,29+,30-,31-,35+,36-/m1/s1. The molecule has 5 rings (SSSR count). The Bertz CT molecular complexity index is 1090. The second-order valence-electron chi connectivity index (χ2n) is 14.6. The number of para-hydroxylation sites is 1. The summed E-state index contributed by atoms with van der Waals surface area (Å²) in [4.78, 5) is 13.2. The lowest BCUT2D eigenvalue weighted by Gasteiger charge is -2.58. The topological polar surface area (TPSA) is 44.8 Å². The third kappa shape index (κ3) is 5.22. The Kier molecular flexibility index (Phi) is 8.65. The van der Waals surface area contributed by atoms with Crippen molar-refractivity contribution in [2.24, 2.45) is 46.3 Å². The van der Waals surface area contributed by atoms with E-state index in [2.05, 4.69) is 40.7 Å². The SMILES string of the molecule is COc1cccc(C(=O)O[C@H]2CC[C@@]3(C)C(=CC[C@@H]4[C@H]5CC[C@@H]([C@H](C)CCCC(C)C)[C@@]5(C)CC[C@H]43)C2)c1OC. The second kappa shape index (κ2) is 11.7. The van der Waals surface area contributed by atoms with Gasteiger partial charge in [0, 0.05) is 6.42 Å². The lowest BCUT2D eigenvalue weighted by molar-refractivity contribution is -0.0594. The van der Waals surface area contributed by atoms with Gasteiger partial charge >= 0.3 is 5.97 Å². The molecule has 0 radical (unpaired) electrons. The van der Waals surface area contributed by atoms with Gasteiger partial charge < -0.3 is 14.2 Å². The molecule has 0 unspecified atom stereocenters. The molecule has 0 amide bonds. The van der Waals surface area contributed by atoms with E-state index in [0.717, 1.165) is 54.8 Å². The van der Waals surface area contributed by atoms with E-state index in [9.17, 15) is 4.79 Å². The van der Waals surface area contributed by atoms with Gasteiger partial charge in [-0.15, -0.1) is 0 Å². The van der Waals surface area contributed by atoms with Crippen LogP contribution in [0, 0.1) is 46.3 Å². The van der Waals surface area contributed by atoms with Crippen LogP contribution in [0.25, 0.3) is 0 Å². The number of rotatable bonds is 9. The Hall–Kier alpha value is -1.97. The first kappa shape index (κ1) is 29.5. The molecule has 1 aromatic rings. The van der Waals surface area contributed by atoms with Gasteiger partial charge in [-0.2, -0.15) is 0 Å².